The van der Waals surface area contributed by atoms with E-state index >= 15 is 0 Å². The molecule has 0 aliphatic heterocycles. The minimum Gasteiger partial charge on any atom is -0.459 e. The highest BCUT2D eigenvalue weighted by molar-refractivity contribution is 7.40. The van der Waals surface area contributed by atoms with Gasteiger partial charge in [0.1, 0.15) is 11.5 Å². The van der Waals surface area contributed by atoms with Crippen molar-refractivity contribution in [2.24, 2.45) is 11.0 Å². The zero-order valence-electron chi connectivity index (χ0n) is 10.5. The first kappa shape index (κ1) is 17.0. The van der Waals surface area contributed by atoms with Crippen LogP contribution in [0.3, 0.4) is 0 Å². The molecule has 0 aliphatic rings. The summed E-state index contributed by atoms with van der Waals surface area (Å²) >= 11 is 0. The van der Waals surface area contributed by atoms with E-state index in [0.29, 0.717) is 0 Å². The molecule has 0 spiro atoms. The van der Waals surface area contributed by atoms with Crippen LogP contribution in [-0.4, -0.2) is 12.2 Å². The zero-order valence-corrected chi connectivity index (χ0v) is 12.3. The van der Waals surface area contributed by atoms with Gasteiger partial charge in [-0.1, -0.05) is 21.2 Å². The van der Waals surface area contributed by atoms with E-state index in [4.69, 9.17) is 15.4 Å². The summed E-state index contributed by atoms with van der Waals surface area (Å²) in [5.74, 6) is 0.530. The fourth-order valence-corrected chi connectivity index (χ4v) is 1.58. The topological polar surface area (TPSA) is 176 Å². The Kier molecular flexibility index (Phi) is 6.70. The molecule has 6 N–H and O–H groups in total. The summed E-state index contributed by atoms with van der Waals surface area (Å²) in [5.41, 5.74) is 9.72. The van der Waals surface area contributed by atoms with Crippen LogP contribution in [0.5, 0.6) is 0 Å². The molecule has 114 valence electrons. The van der Waals surface area contributed by atoms with Crippen LogP contribution in [0.4, 0.5) is 9.59 Å². The van der Waals surface area contributed by atoms with Gasteiger partial charge < -0.3 is 13.9 Å². The molecular formula is C8H12N4O7P2+2. The van der Waals surface area contributed by atoms with Crippen molar-refractivity contribution in [1.82, 2.24) is 10.2 Å². The van der Waals surface area contributed by atoms with Crippen molar-refractivity contribution in [1.29, 1.82) is 0 Å². The standard InChI is InChI=1S/C8H10N4O7P2/c9-20(15)11-7(13)17-3-5-1-2-6(19-5)4-18-8(14)12-21(10)16/h1-2H,3-4H2,(H4-2,9,10,11,12,13,14,15,16)/p+2. The van der Waals surface area contributed by atoms with Crippen LogP contribution in [0.15, 0.2) is 16.5 Å². The van der Waals surface area contributed by atoms with E-state index in [1.54, 1.807) is 0 Å². The van der Waals surface area contributed by atoms with Crippen molar-refractivity contribution in [2.75, 3.05) is 0 Å². The first-order valence-corrected chi connectivity index (χ1v) is 7.91. The highest BCUT2D eigenvalue weighted by atomic mass is 31.1. The Balaban J connectivity index is 2.36. The highest BCUT2D eigenvalue weighted by Crippen LogP contribution is 2.11. The quantitative estimate of drug-likeness (QED) is 0.550. The minimum atomic E-state index is -2.34. The molecule has 0 aromatic carbocycles. The predicted octanol–water partition coefficient (Wildman–Crippen LogP) is 0.964. The Labute approximate surface area is 120 Å². The third kappa shape index (κ3) is 7.33. The first-order valence-electron chi connectivity index (χ1n) is 5.25. The number of furan rings is 1. The molecule has 0 bridgehead atoms. The Hall–Kier alpha value is -2.06. The Bertz CT molecular complexity index is 514. The fraction of sp³-hybridized carbons (Fsp3) is 0.250. The summed E-state index contributed by atoms with van der Waals surface area (Å²) in [5, 5.41) is 3.69. The monoisotopic (exact) mass is 338 g/mol. The van der Waals surface area contributed by atoms with Gasteiger partial charge in [0, 0.05) is 0 Å². The van der Waals surface area contributed by atoms with Gasteiger partial charge in [-0.2, -0.15) is 0 Å². The number of amides is 2. The first-order chi connectivity index (χ1) is 9.86. The third-order valence-corrected chi connectivity index (χ3v) is 2.62. The zero-order chi connectivity index (χ0) is 15.8. The second-order valence-corrected chi connectivity index (χ2v) is 5.15. The van der Waals surface area contributed by atoms with Gasteiger partial charge in [0.05, 0.1) is 0 Å². The van der Waals surface area contributed by atoms with Crippen molar-refractivity contribution in [3.8, 4) is 0 Å². The maximum absolute atomic E-state index is 11.0. The number of nitrogens with two attached hydrogens (primary N) is 2. The van der Waals surface area contributed by atoms with Crippen LogP contribution < -0.4 is 21.2 Å². The summed E-state index contributed by atoms with van der Waals surface area (Å²) in [7, 11) is -4.68. The number of hydrogen-bond acceptors (Lipinski definition) is 7. The summed E-state index contributed by atoms with van der Waals surface area (Å²) in [6.07, 6.45) is -1.92. The normalized spacial score (nSPS) is 11.3. The van der Waals surface area contributed by atoms with Crippen molar-refractivity contribution < 1.29 is 32.6 Å². The molecular weight excluding hydrogens is 326 g/mol. The second-order valence-electron chi connectivity index (χ2n) is 3.40. The van der Waals surface area contributed by atoms with Crippen molar-refractivity contribution in [3.05, 3.63) is 23.7 Å². The van der Waals surface area contributed by atoms with E-state index in [-0.39, 0.29) is 24.7 Å². The van der Waals surface area contributed by atoms with E-state index in [1.807, 2.05) is 10.2 Å². The van der Waals surface area contributed by atoms with Gasteiger partial charge in [0.25, 0.3) is 0 Å². The van der Waals surface area contributed by atoms with Gasteiger partial charge in [-0.25, -0.2) is 9.59 Å². The molecule has 13 heteroatoms. The number of rotatable bonds is 6. The largest absolute Gasteiger partial charge is 0.564 e. The summed E-state index contributed by atoms with van der Waals surface area (Å²) < 4.78 is 35.5. The van der Waals surface area contributed by atoms with Crippen molar-refractivity contribution >= 4 is 28.4 Å². The third-order valence-electron chi connectivity index (χ3n) is 1.81. The summed E-state index contributed by atoms with van der Waals surface area (Å²) in [4.78, 5) is 22.0. The summed E-state index contributed by atoms with van der Waals surface area (Å²) in [6.45, 7) is -0.453. The maximum Gasteiger partial charge on any atom is 0.564 e. The summed E-state index contributed by atoms with van der Waals surface area (Å²) in [6, 6.07) is 2.96. The molecule has 0 saturated heterocycles. The average Bonchev–Trinajstić information content (AvgIpc) is 2.80. The lowest BCUT2D eigenvalue weighted by Crippen LogP contribution is -2.19. The van der Waals surface area contributed by atoms with Crippen LogP contribution in [0, 0.1) is 0 Å². The Morgan fingerprint density at radius 2 is 1.38 bits per heavy atom. The predicted molar refractivity (Wildman–Crippen MR) is 68.9 cm³/mol. The molecule has 1 heterocycles. The molecule has 21 heavy (non-hydrogen) atoms. The molecule has 1 aromatic heterocycles. The SMILES string of the molecule is N[P+](=O)NC(=O)OCc1ccc(COC(=O)N[P+](N)=O)o1. The number of carbonyl (C=O) groups excluding carboxylic acids is 2. The van der Waals surface area contributed by atoms with E-state index in [2.05, 4.69) is 9.47 Å². The lowest BCUT2D eigenvalue weighted by atomic mass is 10.4. The lowest BCUT2D eigenvalue weighted by Gasteiger charge is -1.99. The van der Waals surface area contributed by atoms with Gasteiger partial charge in [-0.05, 0) is 21.3 Å². The molecule has 1 rings (SSSR count). The molecule has 0 aliphatic carbocycles. The van der Waals surface area contributed by atoms with Crippen LogP contribution in [-0.2, 0) is 31.8 Å². The number of ether oxygens (including phenoxy) is 2. The van der Waals surface area contributed by atoms with E-state index in [1.165, 1.54) is 12.1 Å². The van der Waals surface area contributed by atoms with Crippen LogP contribution in [0.2, 0.25) is 0 Å². The highest BCUT2D eigenvalue weighted by Gasteiger charge is 2.17. The number of nitrogens with one attached hydrogen (secondary N) is 2. The molecule has 0 radical (unpaired) electrons. The average molecular weight is 338 g/mol. The maximum atomic E-state index is 11.0. The van der Waals surface area contributed by atoms with Gasteiger partial charge >= 0.3 is 28.4 Å². The van der Waals surface area contributed by atoms with Crippen molar-refractivity contribution in [2.45, 2.75) is 13.2 Å². The molecule has 2 atom stereocenters. The van der Waals surface area contributed by atoms with E-state index in [0.717, 1.165) is 0 Å². The molecule has 11 nitrogen and oxygen atoms in total. The van der Waals surface area contributed by atoms with Gasteiger partial charge in [0.15, 0.2) is 13.2 Å². The Morgan fingerprint density at radius 1 is 1.00 bits per heavy atom. The molecule has 2 unspecified atom stereocenters. The molecule has 2 amide bonds. The van der Waals surface area contributed by atoms with Gasteiger partial charge in [0.2, 0.25) is 0 Å². The van der Waals surface area contributed by atoms with Crippen LogP contribution >= 0.6 is 16.2 Å². The van der Waals surface area contributed by atoms with Crippen LogP contribution in [0.1, 0.15) is 11.5 Å². The number of carbonyl (C=O) groups is 2. The van der Waals surface area contributed by atoms with Crippen LogP contribution in [0.25, 0.3) is 0 Å². The van der Waals surface area contributed by atoms with E-state index in [9.17, 15) is 18.7 Å². The molecule has 1 aromatic rings. The molecule has 0 fully saturated rings. The Morgan fingerprint density at radius 3 is 1.71 bits per heavy atom. The smallest absolute Gasteiger partial charge is 0.459 e. The van der Waals surface area contributed by atoms with Gasteiger partial charge in [-0.15, -0.1) is 0 Å². The van der Waals surface area contributed by atoms with E-state index < -0.39 is 28.4 Å². The second kappa shape index (κ2) is 8.28. The fourth-order valence-electron chi connectivity index (χ4n) is 1.10. The van der Waals surface area contributed by atoms with Gasteiger partial charge in [-0.3, -0.25) is 0 Å². The molecule has 0 saturated carbocycles. The van der Waals surface area contributed by atoms with Crippen molar-refractivity contribution in [3.63, 3.8) is 0 Å². The minimum absolute atomic E-state index is 0.226. The lowest BCUT2D eigenvalue weighted by molar-refractivity contribution is 0.127. The number of hydrogen-bond donors (Lipinski definition) is 4.